The number of hydrogen-bond acceptors (Lipinski definition) is 2. The maximum absolute atomic E-state index is 5.46. The molecule has 2 aromatic carbocycles. The van der Waals surface area contributed by atoms with Crippen molar-refractivity contribution in [2.45, 2.75) is 38.5 Å². The Hall–Kier alpha value is -2.42. The zero-order valence-electron chi connectivity index (χ0n) is 15.2. The molecule has 0 saturated heterocycles. The zero-order chi connectivity index (χ0) is 17.4. The van der Waals surface area contributed by atoms with Crippen LogP contribution in [-0.4, -0.2) is 19.2 Å². The van der Waals surface area contributed by atoms with Crippen LogP contribution in [0.1, 0.15) is 41.1 Å². The van der Waals surface area contributed by atoms with Crippen LogP contribution in [0.3, 0.4) is 0 Å². The van der Waals surface area contributed by atoms with E-state index < -0.39 is 0 Å². The predicted octanol–water partition coefficient (Wildman–Crippen LogP) is 5.16. The van der Waals surface area contributed by atoms with Crippen LogP contribution in [0.4, 0.5) is 0 Å². The third kappa shape index (κ3) is 2.88. The van der Waals surface area contributed by atoms with Gasteiger partial charge in [0.2, 0.25) is 0 Å². The Morgan fingerprint density at radius 2 is 1.88 bits per heavy atom. The molecule has 1 N–H and O–H groups in total. The number of H-pyrrole nitrogens is 1. The predicted molar refractivity (Wildman–Crippen MR) is 102 cm³/mol. The summed E-state index contributed by atoms with van der Waals surface area (Å²) < 4.78 is 10.8. The molecule has 1 heterocycles. The molecule has 0 amide bonds. The lowest BCUT2D eigenvalue weighted by atomic mass is 9.83. The fourth-order valence-electron chi connectivity index (χ4n) is 4.17. The van der Waals surface area contributed by atoms with E-state index in [1.807, 2.05) is 6.07 Å². The summed E-state index contributed by atoms with van der Waals surface area (Å²) >= 11 is 0. The lowest BCUT2D eigenvalue weighted by molar-refractivity contribution is 0.354. The minimum absolute atomic E-state index is 0.537. The van der Waals surface area contributed by atoms with Crippen molar-refractivity contribution in [2.24, 2.45) is 0 Å². The van der Waals surface area contributed by atoms with Gasteiger partial charge in [-0.2, -0.15) is 0 Å². The van der Waals surface area contributed by atoms with Gasteiger partial charge < -0.3 is 14.5 Å². The molecule has 3 nitrogen and oxygen atoms in total. The van der Waals surface area contributed by atoms with Crippen LogP contribution >= 0.6 is 0 Å². The molecular weight excluding hydrogens is 310 g/mol. The Labute approximate surface area is 149 Å². The first-order chi connectivity index (χ1) is 12.2. The largest absolute Gasteiger partial charge is 0.493 e. The van der Waals surface area contributed by atoms with E-state index in [0.717, 1.165) is 17.9 Å². The number of fused-ring (bicyclic) bond motifs is 3. The van der Waals surface area contributed by atoms with Crippen molar-refractivity contribution >= 4 is 10.9 Å². The van der Waals surface area contributed by atoms with Crippen molar-refractivity contribution in [1.82, 2.24) is 4.98 Å². The summed E-state index contributed by atoms with van der Waals surface area (Å²) in [5.41, 5.74) is 6.86. The maximum Gasteiger partial charge on any atom is 0.160 e. The van der Waals surface area contributed by atoms with Crippen molar-refractivity contribution in [2.75, 3.05) is 14.2 Å². The van der Waals surface area contributed by atoms with Crippen LogP contribution in [0.2, 0.25) is 0 Å². The second kappa shape index (κ2) is 6.47. The molecule has 0 saturated carbocycles. The van der Waals surface area contributed by atoms with Gasteiger partial charge in [0.15, 0.2) is 11.5 Å². The van der Waals surface area contributed by atoms with Crippen LogP contribution in [0.5, 0.6) is 11.5 Å². The van der Waals surface area contributed by atoms with E-state index in [0.29, 0.717) is 5.92 Å². The third-order valence-corrected chi connectivity index (χ3v) is 5.41. The highest BCUT2D eigenvalue weighted by Gasteiger charge is 2.24. The fraction of sp³-hybridized carbons (Fsp3) is 0.364. The summed E-state index contributed by atoms with van der Waals surface area (Å²) in [6.07, 6.45) is 4.69. The smallest absolute Gasteiger partial charge is 0.160 e. The molecule has 3 aromatic rings. The highest BCUT2D eigenvalue weighted by molar-refractivity contribution is 5.85. The van der Waals surface area contributed by atoms with Gasteiger partial charge in [-0.05, 0) is 68.0 Å². The average molecular weight is 335 g/mol. The van der Waals surface area contributed by atoms with E-state index in [4.69, 9.17) is 9.47 Å². The summed E-state index contributed by atoms with van der Waals surface area (Å²) in [4.78, 5) is 3.71. The van der Waals surface area contributed by atoms with Gasteiger partial charge in [-0.1, -0.05) is 17.7 Å². The van der Waals surface area contributed by atoms with E-state index in [1.165, 1.54) is 52.5 Å². The average Bonchev–Trinajstić information content (AvgIpc) is 3.00. The molecule has 1 aromatic heterocycles. The molecule has 3 heteroatoms. The molecule has 0 fully saturated rings. The molecule has 0 aliphatic heterocycles. The fourth-order valence-corrected chi connectivity index (χ4v) is 4.17. The monoisotopic (exact) mass is 335 g/mol. The van der Waals surface area contributed by atoms with Crippen LogP contribution in [0.15, 0.2) is 36.4 Å². The number of benzene rings is 2. The second-order valence-corrected chi connectivity index (χ2v) is 7.05. The van der Waals surface area contributed by atoms with Crippen molar-refractivity contribution in [3.8, 4) is 11.5 Å². The number of aromatic amines is 1. The Kier molecular flexibility index (Phi) is 4.16. The molecule has 0 radical (unpaired) electrons. The lowest BCUT2D eigenvalue weighted by Crippen LogP contribution is -2.11. The van der Waals surface area contributed by atoms with Gasteiger partial charge in [0.1, 0.15) is 0 Å². The summed E-state index contributed by atoms with van der Waals surface area (Å²) in [7, 11) is 3.37. The lowest BCUT2D eigenvalue weighted by Gasteiger charge is -2.23. The van der Waals surface area contributed by atoms with E-state index in [-0.39, 0.29) is 0 Å². The third-order valence-electron chi connectivity index (χ3n) is 5.41. The summed E-state index contributed by atoms with van der Waals surface area (Å²) in [6, 6.07) is 13.0. The molecule has 4 rings (SSSR count). The SMILES string of the molecule is COc1ccc(CC2CCCc3c2[nH]c2ccc(C)cc32)cc1OC. The van der Waals surface area contributed by atoms with Gasteiger partial charge in [-0.25, -0.2) is 0 Å². The van der Waals surface area contributed by atoms with Gasteiger partial charge in [0, 0.05) is 22.5 Å². The quantitative estimate of drug-likeness (QED) is 0.715. The zero-order valence-corrected chi connectivity index (χ0v) is 15.2. The van der Waals surface area contributed by atoms with Crippen LogP contribution < -0.4 is 9.47 Å². The maximum atomic E-state index is 5.46. The minimum atomic E-state index is 0.537. The van der Waals surface area contributed by atoms with Gasteiger partial charge in [-0.3, -0.25) is 0 Å². The van der Waals surface area contributed by atoms with Crippen molar-refractivity contribution < 1.29 is 9.47 Å². The Morgan fingerprint density at radius 1 is 1.04 bits per heavy atom. The van der Waals surface area contributed by atoms with Crippen LogP contribution in [0.25, 0.3) is 10.9 Å². The van der Waals surface area contributed by atoms with Gasteiger partial charge in [-0.15, -0.1) is 0 Å². The van der Waals surface area contributed by atoms with Crippen LogP contribution in [0, 0.1) is 6.92 Å². The second-order valence-electron chi connectivity index (χ2n) is 7.05. The van der Waals surface area contributed by atoms with E-state index in [9.17, 15) is 0 Å². The van der Waals surface area contributed by atoms with Crippen molar-refractivity contribution in [1.29, 1.82) is 0 Å². The van der Waals surface area contributed by atoms with Gasteiger partial charge in [0.25, 0.3) is 0 Å². The Bertz CT molecular complexity index is 910. The molecule has 1 aliphatic rings. The Balaban J connectivity index is 1.68. The molecule has 0 spiro atoms. The Morgan fingerprint density at radius 3 is 2.68 bits per heavy atom. The molecule has 1 atom stereocenters. The van der Waals surface area contributed by atoms with Gasteiger partial charge in [0.05, 0.1) is 14.2 Å². The number of aromatic nitrogens is 1. The number of methoxy groups -OCH3 is 2. The molecular formula is C22H25NO2. The topological polar surface area (TPSA) is 34.2 Å². The first-order valence-electron chi connectivity index (χ1n) is 9.01. The molecule has 0 bridgehead atoms. The number of ether oxygens (including phenoxy) is 2. The van der Waals surface area contributed by atoms with Crippen molar-refractivity contribution in [3.63, 3.8) is 0 Å². The number of rotatable bonds is 4. The molecule has 130 valence electrons. The summed E-state index contributed by atoms with van der Waals surface area (Å²) in [5.74, 6) is 2.13. The summed E-state index contributed by atoms with van der Waals surface area (Å²) in [5, 5.41) is 1.41. The van der Waals surface area contributed by atoms with E-state index in [2.05, 4.69) is 42.2 Å². The van der Waals surface area contributed by atoms with Crippen LogP contribution in [-0.2, 0) is 12.8 Å². The highest BCUT2D eigenvalue weighted by Crippen LogP contribution is 2.39. The van der Waals surface area contributed by atoms with Gasteiger partial charge >= 0.3 is 0 Å². The molecule has 25 heavy (non-hydrogen) atoms. The van der Waals surface area contributed by atoms with E-state index >= 15 is 0 Å². The molecule has 1 aliphatic carbocycles. The number of nitrogens with one attached hydrogen (secondary N) is 1. The molecule has 1 unspecified atom stereocenters. The first kappa shape index (κ1) is 16.1. The summed E-state index contributed by atoms with van der Waals surface area (Å²) in [6.45, 7) is 2.17. The standard InChI is InChI=1S/C22H25NO2/c1-14-7-9-19-18(11-14)17-6-4-5-16(22(17)23-19)12-15-8-10-20(24-2)21(13-15)25-3/h7-11,13,16,23H,4-6,12H2,1-3H3. The van der Waals surface area contributed by atoms with E-state index in [1.54, 1.807) is 14.2 Å². The minimum Gasteiger partial charge on any atom is -0.493 e. The first-order valence-corrected chi connectivity index (χ1v) is 9.01. The highest BCUT2D eigenvalue weighted by atomic mass is 16.5. The number of aryl methyl sites for hydroxylation is 2. The normalized spacial score (nSPS) is 16.7. The number of hydrogen-bond donors (Lipinski definition) is 1. The van der Waals surface area contributed by atoms with Crippen molar-refractivity contribution in [3.05, 3.63) is 58.8 Å².